The van der Waals surface area contributed by atoms with Crippen LogP contribution in [0, 0.1) is 5.41 Å². The van der Waals surface area contributed by atoms with Crippen LogP contribution in [0.15, 0.2) is 18.2 Å². The van der Waals surface area contributed by atoms with Gasteiger partial charge in [0.15, 0.2) is 11.5 Å². The van der Waals surface area contributed by atoms with E-state index in [1.165, 1.54) is 24.8 Å². The quantitative estimate of drug-likeness (QED) is 0.831. The van der Waals surface area contributed by atoms with E-state index >= 15 is 0 Å². The highest BCUT2D eigenvalue weighted by atomic mass is 16.7. The van der Waals surface area contributed by atoms with Crippen molar-refractivity contribution in [3.8, 4) is 11.5 Å². The first kappa shape index (κ1) is 11.8. The van der Waals surface area contributed by atoms with Gasteiger partial charge in [0, 0.05) is 13.1 Å². The second kappa shape index (κ2) is 4.78. The number of benzene rings is 1. The maximum absolute atomic E-state index is 5.85. The number of nitrogens with one attached hydrogen (secondary N) is 1. The summed E-state index contributed by atoms with van der Waals surface area (Å²) in [5.74, 6) is 1.70. The molecule has 3 N–H and O–H groups in total. The van der Waals surface area contributed by atoms with Crippen LogP contribution >= 0.6 is 0 Å². The number of nitrogens with two attached hydrogens (primary N) is 1. The summed E-state index contributed by atoms with van der Waals surface area (Å²) in [7, 11) is 0. The first-order valence-electron chi connectivity index (χ1n) is 6.61. The van der Waals surface area contributed by atoms with Crippen molar-refractivity contribution in [1.82, 2.24) is 5.32 Å². The normalized spacial score (nSPS) is 19.6. The smallest absolute Gasteiger partial charge is 0.231 e. The number of hydrogen-bond donors (Lipinski definition) is 2. The van der Waals surface area contributed by atoms with E-state index in [1.54, 1.807) is 0 Å². The van der Waals surface area contributed by atoms with Gasteiger partial charge < -0.3 is 20.5 Å². The van der Waals surface area contributed by atoms with Gasteiger partial charge in [-0.3, -0.25) is 0 Å². The molecule has 0 amide bonds. The Kier molecular flexibility index (Phi) is 3.14. The van der Waals surface area contributed by atoms with Crippen LogP contribution in [0.25, 0.3) is 0 Å². The van der Waals surface area contributed by atoms with Crippen LogP contribution in [0.5, 0.6) is 11.5 Å². The zero-order valence-electron chi connectivity index (χ0n) is 10.6. The Morgan fingerprint density at radius 2 is 2.06 bits per heavy atom. The summed E-state index contributed by atoms with van der Waals surface area (Å²) < 4.78 is 10.7. The molecule has 0 atom stereocenters. The van der Waals surface area contributed by atoms with Crippen LogP contribution in [0.1, 0.15) is 24.8 Å². The van der Waals surface area contributed by atoms with Gasteiger partial charge >= 0.3 is 0 Å². The van der Waals surface area contributed by atoms with Gasteiger partial charge in [0.2, 0.25) is 6.79 Å². The minimum absolute atomic E-state index is 0.336. The minimum atomic E-state index is 0.336. The van der Waals surface area contributed by atoms with Gasteiger partial charge in [-0.1, -0.05) is 12.5 Å². The van der Waals surface area contributed by atoms with Crippen LogP contribution in [0.2, 0.25) is 0 Å². The molecule has 4 heteroatoms. The molecule has 4 nitrogen and oxygen atoms in total. The Morgan fingerprint density at radius 3 is 2.78 bits per heavy atom. The Bertz CT molecular complexity index is 424. The van der Waals surface area contributed by atoms with Crippen LogP contribution in [-0.4, -0.2) is 19.9 Å². The molecule has 98 valence electrons. The standard InChI is InChI=1S/C14H20N2O2/c15-8-14(4-1-5-14)9-16-7-11-2-3-12-13(6-11)18-10-17-12/h2-3,6,16H,1,4-5,7-10,15H2. The molecule has 1 saturated carbocycles. The molecule has 2 aliphatic rings. The topological polar surface area (TPSA) is 56.5 Å². The molecule has 1 aliphatic heterocycles. The third-order valence-corrected chi connectivity index (χ3v) is 4.11. The molecule has 1 fully saturated rings. The molecule has 0 aromatic heterocycles. The van der Waals surface area contributed by atoms with E-state index < -0.39 is 0 Å². The Hall–Kier alpha value is -1.26. The second-order valence-corrected chi connectivity index (χ2v) is 5.35. The van der Waals surface area contributed by atoms with Gasteiger partial charge in [-0.2, -0.15) is 0 Å². The van der Waals surface area contributed by atoms with Crippen LogP contribution in [0.4, 0.5) is 0 Å². The SMILES string of the molecule is NCC1(CNCc2ccc3c(c2)OCO3)CCC1. The fourth-order valence-electron chi connectivity index (χ4n) is 2.65. The van der Waals surface area contributed by atoms with Crippen molar-refractivity contribution in [3.05, 3.63) is 23.8 Å². The van der Waals surface area contributed by atoms with E-state index in [0.717, 1.165) is 31.1 Å². The van der Waals surface area contributed by atoms with Crippen LogP contribution in [0.3, 0.4) is 0 Å². The number of rotatable bonds is 5. The van der Waals surface area contributed by atoms with E-state index in [4.69, 9.17) is 15.2 Å². The lowest BCUT2D eigenvalue weighted by Gasteiger charge is -2.41. The molecule has 0 bridgehead atoms. The molecule has 0 radical (unpaired) electrons. The molecule has 0 saturated heterocycles. The van der Waals surface area contributed by atoms with Gasteiger partial charge in [0.25, 0.3) is 0 Å². The van der Waals surface area contributed by atoms with E-state index in [-0.39, 0.29) is 0 Å². The number of ether oxygens (including phenoxy) is 2. The van der Waals surface area contributed by atoms with Crippen LogP contribution < -0.4 is 20.5 Å². The zero-order chi connectivity index (χ0) is 12.4. The average molecular weight is 248 g/mol. The largest absolute Gasteiger partial charge is 0.454 e. The molecule has 1 aromatic rings. The molecule has 1 aliphatic carbocycles. The number of hydrogen-bond acceptors (Lipinski definition) is 4. The zero-order valence-corrected chi connectivity index (χ0v) is 10.6. The summed E-state index contributed by atoms with van der Waals surface area (Å²) >= 11 is 0. The predicted octanol–water partition coefficient (Wildman–Crippen LogP) is 1.63. The highest BCUT2D eigenvalue weighted by molar-refractivity contribution is 5.44. The first-order chi connectivity index (χ1) is 8.81. The van der Waals surface area contributed by atoms with Gasteiger partial charge in [-0.15, -0.1) is 0 Å². The Balaban J connectivity index is 1.54. The first-order valence-corrected chi connectivity index (χ1v) is 6.61. The second-order valence-electron chi connectivity index (χ2n) is 5.35. The predicted molar refractivity (Wildman–Crippen MR) is 69.6 cm³/mol. The lowest BCUT2D eigenvalue weighted by molar-refractivity contribution is 0.141. The molecule has 18 heavy (non-hydrogen) atoms. The lowest BCUT2D eigenvalue weighted by atomic mass is 9.69. The van der Waals surface area contributed by atoms with Crippen molar-refractivity contribution < 1.29 is 9.47 Å². The summed E-state index contributed by atoms with van der Waals surface area (Å²) in [4.78, 5) is 0. The van der Waals surface area contributed by atoms with Crippen molar-refractivity contribution in [2.24, 2.45) is 11.1 Å². The third kappa shape index (κ3) is 2.18. The summed E-state index contributed by atoms with van der Waals surface area (Å²) in [6, 6.07) is 6.10. The fraction of sp³-hybridized carbons (Fsp3) is 0.571. The number of fused-ring (bicyclic) bond motifs is 1. The third-order valence-electron chi connectivity index (χ3n) is 4.11. The molecule has 1 heterocycles. The van der Waals surface area contributed by atoms with Crippen molar-refractivity contribution in [3.63, 3.8) is 0 Å². The van der Waals surface area contributed by atoms with E-state index in [9.17, 15) is 0 Å². The maximum atomic E-state index is 5.85. The summed E-state index contributed by atoms with van der Waals surface area (Å²) in [6.07, 6.45) is 3.85. The molecular weight excluding hydrogens is 228 g/mol. The summed E-state index contributed by atoms with van der Waals surface area (Å²) in [5, 5.41) is 3.51. The van der Waals surface area contributed by atoms with Crippen molar-refractivity contribution >= 4 is 0 Å². The molecule has 0 unspecified atom stereocenters. The van der Waals surface area contributed by atoms with E-state index in [0.29, 0.717) is 12.2 Å². The van der Waals surface area contributed by atoms with E-state index in [1.807, 2.05) is 12.1 Å². The molecule has 0 spiro atoms. The van der Waals surface area contributed by atoms with Crippen molar-refractivity contribution in [1.29, 1.82) is 0 Å². The van der Waals surface area contributed by atoms with Gasteiger partial charge in [0.05, 0.1) is 0 Å². The van der Waals surface area contributed by atoms with Gasteiger partial charge in [0.1, 0.15) is 0 Å². The van der Waals surface area contributed by atoms with Gasteiger partial charge in [-0.05, 0) is 42.5 Å². The maximum Gasteiger partial charge on any atom is 0.231 e. The Labute approximate surface area is 107 Å². The summed E-state index contributed by atoms with van der Waals surface area (Å²) in [5.41, 5.74) is 7.43. The molecular formula is C14H20N2O2. The average Bonchev–Trinajstić information content (AvgIpc) is 2.80. The monoisotopic (exact) mass is 248 g/mol. The highest BCUT2D eigenvalue weighted by Gasteiger charge is 2.34. The lowest BCUT2D eigenvalue weighted by Crippen LogP contribution is -2.45. The van der Waals surface area contributed by atoms with Crippen molar-refractivity contribution in [2.45, 2.75) is 25.8 Å². The summed E-state index contributed by atoms with van der Waals surface area (Å²) in [6.45, 7) is 3.00. The molecule has 3 rings (SSSR count). The van der Waals surface area contributed by atoms with E-state index in [2.05, 4.69) is 11.4 Å². The Morgan fingerprint density at radius 1 is 1.22 bits per heavy atom. The van der Waals surface area contributed by atoms with Crippen molar-refractivity contribution in [2.75, 3.05) is 19.9 Å². The van der Waals surface area contributed by atoms with Crippen LogP contribution in [-0.2, 0) is 6.54 Å². The highest BCUT2D eigenvalue weighted by Crippen LogP contribution is 2.39. The molecule has 1 aromatic carbocycles. The van der Waals surface area contributed by atoms with Gasteiger partial charge in [-0.25, -0.2) is 0 Å². The fourth-order valence-corrected chi connectivity index (χ4v) is 2.65. The minimum Gasteiger partial charge on any atom is -0.454 e.